The highest BCUT2D eigenvalue weighted by atomic mass is 19.4. The third-order valence-corrected chi connectivity index (χ3v) is 6.54. The zero-order valence-electron chi connectivity index (χ0n) is 19.9. The Kier molecular flexibility index (Phi) is 6.09. The summed E-state index contributed by atoms with van der Waals surface area (Å²) in [5, 5.41) is 13.2. The molecule has 188 valence electrons. The maximum atomic E-state index is 13.1. The molecule has 10 heteroatoms. The van der Waals surface area contributed by atoms with Crippen LogP contribution in [0, 0.1) is 6.92 Å². The fourth-order valence-corrected chi connectivity index (χ4v) is 4.68. The lowest BCUT2D eigenvalue weighted by Gasteiger charge is -2.14. The van der Waals surface area contributed by atoms with Crippen molar-refractivity contribution in [3.63, 3.8) is 0 Å². The Hall–Kier alpha value is -3.63. The molecule has 7 nitrogen and oxygen atoms in total. The molecule has 1 fully saturated rings. The number of Topliss-reactive ketones (excluding diaryl/α,β-unsaturated/α-hetero) is 1. The maximum Gasteiger partial charge on any atom is 0.454 e. The molecule has 4 aromatic rings. The van der Waals surface area contributed by atoms with E-state index in [-0.39, 0.29) is 17.1 Å². The summed E-state index contributed by atoms with van der Waals surface area (Å²) in [4.78, 5) is 18.8. The smallest absolute Gasteiger partial charge is 0.392 e. The van der Waals surface area contributed by atoms with Crippen molar-refractivity contribution in [2.45, 2.75) is 32.2 Å². The second-order valence-corrected chi connectivity index (χ2v) is 9.27. The van der Waals surface area contributed by atoms with Crippen molar-refractivity contribution in [2.24, 2.45) is 7.05 Å². The SMILES string of the molecule is Cc1cn(-c2cccc(Nc3ccc4c(c3)c(C(=O)C(F)(F)F)cn4C)n2)cc1CN1CCC(O)C1. The van der Waals surface area contributed by atoms with Gasteiger partial charge in [-0.3, -0.25) is 9.69 Å². The Bertz CT molecular complexity index is 1440. The first-order valence-corrected chi connectivity index (χ1v) is 11.6. The number of aromatic nitrogens is 3. The molecular formula is C26H26F3N5O2. The zero-order chi connectivity index (χ0) is 25.6. The molecule has 4 heterocycles. The van der Waals surface area contributed by atoms with Gasteiger partial charge >= 0.3 is 6.18 Å². The molecule has 5 rings (SSSR count). The first-order chi connectivity index (χ1) is 17.1. The number of β-amino-alcohol motifs (C(OH)–C–C–N with tert-alkyl or cyclic N) is 1. The zero-order valence-corrected chi connectivity index (χ0v) is 19.9. The number of carbonyl (C=O) groups is 1. The molecule has 0 saturated carbocycles. The van der Waals surface area contributed by atoms with Gasteiger partial charge < -0.3 is 19.6 Å². The molecule has 0 amide bonds. The van der Waals surface area contributed by atoms with E-state index in [0.29, 0.717) is 29.4 Å². The molecule has 2 N–H and O–H groups in total. The Morgan fingerprint density at radius 3 is 2.72 bits per heavy atom. The lowest BCUT2D eigenvalue weighted by Crippen LogP contribution is -2.22. The van der Waals surface area contributed by atoms with Crippen molar-refractivity contribution in [1.82, 2.24) is 19.0 Å². The molecule has 1 atom stereocenters. The van der Waals surface area contributed by atoms with E-state index in [4.69, 9.17) is 0 Å². The molecule has 0 spiro atoms. The second kappa shape index (κ2) is 9.11. The van der Waals surface area contributed by atoms with E-state index < -0.39 is 12.0 Å². The number of likely N-dealkylation sites (tertiary alicyclic amines) is 1. The monoisotopic (exact) mass is 497 g/mol. The van der Waals surface area contributed by atoms with Gasteiger partial charge in [-0.05, 0) is 54.8 Å². The second-order valence-electron chi connectivity index (χ2n) is 9.27. The van der Waals surface area contributed by atoms with Crippen molar-refractivity contribution in [2.75, 3.05) is 18.4 Å². The van der Waals surface area contributed by atoms with E-state index >= 15 is 0 Å². The third kappa shape index (κ3) is 4.74. The molecular weight excluding hydrogens is 471 g/mol. The van der Waals surface area contributed by atoms with Gasteiger partial charge in [0.2, 0.25) is 0 Å². The number of pyridine rings is 1. The first kappa shape index (κ1) is 24.1. The van der Waals surface area contributed by atoms with E-state index in [9.17, 15) is 23.1 Å². The number of nitrogens with one attached hydrogen (secondary N) is 1. The number of rotatable bonds is 6. The van der Waals surface area contributed by atoms with Gasteiger partial charge in [0, 0.05) is 61.9 Å². The standard InChI is InChI=1S/C26H26F3N5O2/c1-16-11-34(13-17(16)12-33-9-8-19(35)14-33)24-5-3-4-23(31-24)30-18-6-7-22-20(10-18)21(15-32(22)2)25(36)26(27,28)29/h3-7,10-11,13,15,19,35H,8-9,12,14H2,1-2H3,(H,30,31). The van der Waals surface area contributed by atoms with E-state index in [2.05, 4.69) is 15.2 Å². The van der Waals surface area contributed by atoms with Gasteiger partial charge in [-0.25, -0.2) is 4.98 Å². The summed E-state index contributed by atoms with van der Waals surface area (Å²) in [5.41, 5.74) is 2.93. The summed E-state index contributed by atoms with van der Waals surface area (Å²) in [7, 11) is 1.60. The first-order valence-electron chi connectivity index (χ1n) is 11.6. The van der Waals surface area contributed by atoms with Gasteiger partial charge in [-0.2, -0.15) is 13.2 Å². The van der Waals surface area contributed by atoms with Gasteiger partial charge in [-0.15, -0.1) is 0 Å². The average molecular weight is 498 g/mol. The summed E-state index contributed by atoms with van der Waals surface area (Å²) in [5.74, 6) is -0.667. The van der Waals surface area contributed by atoms with E-state index in [1.807, 2.05) is 36.0 Å². The fraction of sp³-hybridized carbons (Fsp3) is 0.308. The third-order valence-electron chi connectivity index (χ3n) is 6.54. The number of carbonyl (C=O) groups excluding carboxylic acids is 1. The van der Waals surface area contributed by atoms with Crippen LogP contribution in [-0.2, 0) is 13.6 Å². The number of nitrogens with zero attached hydrogens (tertiary/aromatic N) is 4. The van der Waals surface area contributed by atoms with Crippen LogP contribution < -0.4 is 5.32 Å². The van der Waals surface area contributed by atoms with Crippen LogP contribution in [0.25, 0.3) is 16.7 Å². The molecule has 1 aromatic carbocycles. The number of anilines is 2. The number of hydrogen-bond donors (Lipinski definition) is 2. The molecule has 3 aromatic heterocycles. The summed E-state index contributed by atoms with van der Waals surface area (Å²) < 4.78 is 42.7. The molecule has 1 saturated heterocycles. The topological polar surface area (TPSA) is 75.3 Å². The Morgan fingerprint density at radius 2 is 2.00 bits per heavy atom. The number of fused-ring (bicyclic) bond motifs is 1. The minimum absolute atomic E-state index is 0.221. The Balaban J connectivity index is 1.39. The summed E-state index contributed by atoms with van der Waals surface area (Å²) in [6.45, 7) is 4.33. The van der Waals surface area contributed by atoms with Crippen LogP contribution in [0.1, 0.15) is 27.9 Å². The Morgan fingerprint density at radius 1 is 1.19 bits per heavy atom. The van der Waals surface area contributed by atoms with Crippen molar-refractivity contribution in [1.29, 1.82) is 0 Å². The van der Waals surface area contributed by atoms with Crippen LogP contribution in [-0.4, -0.2) is 55.3 Å². The van der Waals surface area contributed by atoms with Crippen LogP contribution >= 0.6 is 0 Å². The highest BCUT2D eigenvalue weighted by Crippen LogP contribution is 2.31. The average Bonchev–Trinajstić information content (AvgIpc) is 3.50. The lowest BCUT2D eigenvalue weighted by molar-refractivity contribution is -0.0884. The highest BCUT2D eigenvalue weighted by Gasteiger charge is 2.40. The predicted molar refractivity (Wildman–Crippen MR) is 131 cm³/mol. The number of aryl methyl sites for hydroxylation is 2. The van der Waals surface area contributed by atoms with E-state index in [0.717, 1.165) is 30.6 Å². The molecule has 1 aliphatic heterocycles. The largest absolute Gasteiger partial charge is 0.454 e. The molecule has 0 aliphatic carbocycles. The van der Waals surface area contributed by atoms with Crippen molar-refractivity contribution in [3.05, 3.63) is 71.7 Å². The van der Waals surface area contributed by atoms with Gasteiger partial charge in [0.25, 0.3) is 5.78 Å². The van der Waals surface area contributed by atoms with Crippen molar-refractivity contribution in [3.8, 4) is 5.82 Å². The number of hydrogen-bond acceptors (Lipinski definition) is 5. The summed E-state index contributed by atoms with van der Waals surface area (Å²) >= 11 is 0. The maximum absolute atomic E-state index is 13.1. The molecule has 1 aliphatic rings. The molecule has 0 radical (unpaired) electrons. The van der Waals surface area contributed by atoms with E-state index in [1.54, 1.807) is 25.2 Å². The number of benzene rings is 1. The number of alkyl halides is 3. The van der Waals surface area contributed by atoms with Crippen LogP contribution in [0.3, 0.4) is 0 Å². The fourth-order valence-electron chi connectivity index (χ4n) is 4.68. The predicted octanol–water partition coefficient (Wildman–Crippen LogP) is 4.73. The minimum Gasteiger partial charge on any atom is -0.392 e. The summed E-state index contributed by atoms with van der Waals surface area (Å²) in [6, 6.07) is 10.4. The number of aliphatic hydroxyl groups is 1. The van der Waals surface area contributed by atoms with Crippen LogP contribution in [0.5, 0.6) is 0 Å². The van der Waals surface area contributed by atoms with Gasteiger partial charge in [0.1, 0.15) is 11.6 Å². The normalized spacial score (nSPS) is 16.7. The molecule has 36 heavy (non-hydrogen) atoms. The number of aliphatic hydroxyl groups excluding tert-OH is 1. The van der Waals surface area contributed by atoms with Gasteiger partial charge in [0.15, 0.2) is 0 Å². The van der Waals surface area contributed by atoms with Crippen LogP contribution in [0.2, 0.25) is 0 Å². The minimum atomic E-state index is -4.95. The van der Waals surface area contributed by atoms with Crippen molar-refractivity contribution >= 4 is 28.2 Å². The highest BCUT2D eigenvalue weighted by molar-refractivity contribution is 6.11. The summed E-state index contributed by atoms with van der Waals surface area (Å²) in [6.07, 6.45) is 0.800. The van der Waals surface area contributed by atoms with Crippen LogP contribution in [0.4, 0.5) is 24.7 Å². The number of ketones is 1. The van der Waals surface area contributed by atoms with Crippen LogP contribution in [0.15, 0.2) is 55.0 Å². The lowest BCUT2D eigenvalue weighted by atomic mass is 10.1. The van der Waals surface area contributed by atoms with Crippen molar-refractivity contribution < 1.29 is 23.1 Å². The molecule has 1 unspecified atom stereocenters. The van der Waals surface area contributed by atoms with E-state index in [1.165, 1.54) is 16.8 Å². The molecule has 0 bridgehead atoms. The number of halogens is 3. The van der Waals surface area contributed by atoms with Gasteiger partial charge in [0.05, 0.1) is 11.7 Å². The Labute approximate surface area is 205 Å². The quantitative estimate of drug-likeness (QED) is 0.377. The van der Waals surface area contributed by atoms with Gasteiger partial charge in [-0.1, -0.05) is 6.07 Å².